The van der Waals surface area contributed by atoms with Crippen molar-refractivity contribution in [2.24, 2.45) is 11.7 Å². The first kappa shape index (κ1) is 16.0. The predicted octanol–water partition coefficient (Wildman–Crippen LogP) is 1.62. The smallest absolute Gasteiger partial charge is 0.236 e. The monoisotopic (exact) mass is 289 g/mol. The van der Waals surface area contributed by atoms with Crippen molar-refractivity contribution in [1.82, 2.24) is 9.80 Å². The number of nitrogens with two attached hydrogens (primary N) is 1. The molecule has 1 heterocycles. The van der Waals surface area contributed by atoms with E-state index in [0.717, 1.165) is 26.1 Å². The average molecular weight is 289 g/mol. The zero-order valence-electron chi connectivity index (χ0n) is 13.2. The number of hydrogen-bond donors (Lipinski definition) is 1. The maximum atomic E-state index is 12.4. The van der Waals surface area contributed by atoms with Crippen molar-refractivity contribution >= 4 is 5.91 Å². The van der Waals surface area contributed by atoms with Crippen molar-refractivity contribution in [1.29, 1.82) is 0 Å². The van der Waals surface area contributed by atoms with Crippen molar-refractivity contribution in [3.63, 3.8) is 0 Å². The lowest BCUT2D eigenvalue weighted by molar-refractivity contribution is -0.132. The highest BCUT2D eigenvalue weighted by Gasteiger charge is 2.21. The number of piperidine rings is 1. The molecule has 0 spiro atoms. The Kier molecular flexibility index (Phi) is 5.76. The van der Waals surface area contributed by atoms with Crippen molar-refractivity contribution in [2.75, 3.05) is 33.2 Å². The minimum absolute atomic E-state index is 0.191. The van der Waals surface area contributed by atoms with Gasteiger partial charge in [-0.1, -0.05) is 24.3 Å². The summed E-state index contributed by atoms with van der Waals surface area (Å²) in [6, 6.07) is 8.23. The molecule has 1 saturated heterocycles. The number of hydrogen-bond acceptors (Lipinski definition) is 3. The molecule has 116 valence electrons. The van der Waals surface area contributed by atoms with Crippen LogP contribution in [0.5, 0.6) is 0 Å². The van der Waals surface area contributed by atoms with Gasteiger partial charge in [-0.3, -0.25) is 9.69 Å². The van der Waals surface area contributed by atoms with Gasteiger partial charge >= 0.3 is 0 Å². The highest BCUT2D eigenvalue weighted by Crippen LogP contribution is 2.15. The molecule has 0 aromatic heterocycles. The minimum atomic E-state index is 0.191. The first-order valence-corrected chi connectivity index (χ1v) is 7.81. The standard InChI is InChI=1S/C17H27N3O/c1-14-6-3-4-8-16(14)12-19(2)17(21)13-20-9-5-7-15(10-18)11-20/h3-4,6,8,15H,5,7,9-13,18H2,1-2H3. The molecular formula is C17H27N3O. The average Bonchev–Trinajstić information content (AvgIpc) is 2.49. The van der Waals surface area contributed by atoms with Crippen molar-refractivity contribution in [3.8, 4) is 0 Å². The van der Waals surface area contributed by atoms with Gasteiger partial charge < -0.3 is 10.6 Å². The van der Waals surface area contributed by atoms with Crippen LogP contribution in [0.4, 0.5) is 0 Å². The van der Waals surface area contributed by atoms with Gasteiger partial charge in [-0.15, -0.1) is 0 Å². The van der Waals surface area contributed by atoms with E-state index in [4.69, 9.17) is 5.73 Å². The minimum Gasteiger partial charge on any atom is -0.340 e. The molecule has 1 aromatic carbocycles. The lowest BCUT2D eigenvalue weighted by Crippen LogP contribution is -2.44. The Labute approximate surface area is 127 Å². The van der Waals surface area contributed by atoms with Gasteiger partial charge in [0.25, 0.3) is 0 Å². The summed E-state index contributed by atoms with van der Waals surface area (Å²) in [6.07, 6.45) is 2.34. The molecule has 4 nitrogen and oxygen atoms in total. The Morgan fingerprint density at radius 3 is 2.90 bits per heavy atom. The number of amides is 1. The number of carbonyl (C=O) groups excluding carboxylic acids is 1. The van der Waals surface area contributed by atoms with Gasteiger partial charge in [0.1, 0.15) is 0 Å². The zero-order chi connectivity index (χ0) is 15.2. The summed E-state index contributed by atoms with van der Waals surface area (Å²) in [4.78, 5) is 16.5. The van der Waals surface area contributed by atoms with E-state index in [9.17, 15) is 4.79 Å². The Balaban J connectivity index is 1.86. The van der Waals surface area contributed by atoms with Crippen LogP contribution in [0.3, 0.4) is 0 Å². The van der Waals surface area contributed by atoms with Crippen LogP contribution in [0.25, 0.3) is 0 Å². The molecule has 0 aliphatic carbocycles. The van der Waals surface area contributed by atoms with Gasteiger partial charge in [0, 0.05) is 20.1 Å². The van der Waals surface area contributed by atoms with Gasteiger partial charge in [-0.2, -0.15) is 0 Å². The number of nitrogens with zero attached hydrogens (tertiary/aromatic N) is 2. The van der Waals surface area contributed by atoms with E-state index in [-0.39, 0.29) is 5.91 Å². The van der Waals surface area contributed by atoms with Crippen LogP contribution in [-0.4, -0.2) is 48.9 Å². The maximum absolute atomic E-state index is 12.4. The molecule has 1 atom stereocenters. The predicted molar refractivity (Wildman–Crippen MR) is 85.9 cm³/mol. The second kappa shape index (κ2) is 7.57. The van der Waals surface area contributed by atoms with Gasteiger partial charge in [0.2, 0.25) is 5.91 Å². The van der Waals surface area contributed by atoms with Crippen molar-refractivity contribution in [3.05, 3.63) is 35.4 Å². The van der Waals surface area contributed by atoms with E-state index < -0.39 is 0 Å². The molecule has 0 radical (unpaired) electrons. The van der Waals surface area contributed by atoms with E-state index in [1.807, 2.05) is 24.1 Å². The topological polar surface area (TPSA) is 49.6 Å². The molecule has 1 aliphatic heterocycles. The third-order valence-electron chi connectivity index (χ3n) is 4.39. The van der Waals surface area contributed by atoms with Crippen LogP contribution in [0.15, 0.2) is 24.3 Å². The zero-order valence-corrected chi connectivity index (χ0v) is 13.2. The molecule has 1 unspecified atom stereocenters. The Bertz CT molecular complexity index is 475. The molecule has 2 N–H and O–H groups in total. The normalized spacial score (nSPS) is 19.5. The fraction of sp³-hybridized carbons (Fsp3) is 0.588. The summed E-state index contributed by atoms with van der Waals surface area (Å²) >= 11 is 0. The number of carbonyl (C=O) groups is 1. The summed E-state index contributed by atoms with van der Waals surface area (Å²) in [5.74, 6) is 0.740. The number of likely N-dealkylation sites (tertiary alicyclic amines) is 1. The van der Waals surface area contributed by atoms with Crippen LogP contribution in [0, 0.1) is 12.8 Å². The van der Waals surface area contributed by atoms with Crippen molar-refractivity contribution in [2.45, 2.75) is 26.3 Å². The molecule has 4 heteroatoms. The summed E-state index contributed by atoms with van der Waals surface area (Å²) in [5.41, 5.74) is 8.20. The third kappa shape index (κ3) is 4.55. The lowest BCUT2D eigenvalue weighted by atomic mass is 9.98. The Morgan fingerprint density at radius 2 is 2.19 bits per heavy atom. The molecule has 0 bridgehead atoms. The molecule has 1 aromatic rings. The number of rotatable bonds is 5. The van der Waals surface area contributed by atoms with Gasteiger partial charge in [0.05, 0.1) is 6.54 Å². The summed E-state index contributed by atoms with van der Waals surface area (Å²) < 4.78 is 0. The Morgan fingerprint density at radius 1 is 1.43 bits per heavy atom. The highest BCUT2D eigenvalue weighted by molar-refractivity contribution is 5.78. The van der Waals surface area contributed by atoms with Gasteiger partial charge in [0.15, 0.2) is 0 Å². The van der Waals surface area contributed by atoms with E-state index in [1.165, 1.54) is 17.5 Å². The maximum Gasteiger partial charge on any atom is 0.236 e. The quantitative estimate of drug-likeness (QED) is 0.896. The molecule has 21 heavy (non-hydrogen) atoms. The fourth-order valence-corrected chi connectivity index (χ4v) is 2.93. The van der Waals surface area contributed by atoms with Crippen LogP contribution in [0.1, 0.15) is 24.0 Å². The number of benzene rings is 1. The molecule has 1 amide bonds. The van der Waals surface area contributed by atoms with Crippen LogP contribution in [0.2, 0.25) is 0 Å². The summed E-state index contributed by atoms with van der Waals surface area (Å²) in [5, 5.41) is 0. The van der Waals surface area contributed by atoms with E-state index in [2.05, 4.69) is 24.0 Å². The van der Waals surface area contributed by atoms with Crippen molar-refractivity contribution < 1.29 is 4.79 Å². The van der Waals surface area contributed by atoms with E-state index in [1.54, 1.807) is 0 Å². The third-order valence-corrected chi connectivity index (χ3v) is 4.39. The van der Waals surface area contributed by atoms with Crippen LogP contribution in [-0.2, 0) is 11.3 Å². The molecule has 2 rings (SSSR count). The summed E-state index contributed by atoms with van der Waals surface area (Å²) in [7, 11) is 1.89. The highest BCUT2D eigenvalue weighted by atomic mass is 16.2. The van der Waals surface area contributed by atoms with E-state index in [0.29, 0.717) is 19.0 Å². The SMILES string of the molecule is Cc1ccccc1CN(C)C(=O)CN1CCCC(CN)C1. The van der Waals surface area contributed by atoms with Crippen LogP contribution < -0.4 is 5.73 Å². The van der Waals surface area contributed by atoms with Gasteiger partial charge in [-0.25, -0.2) is 0 Å². The summed E-state index contributed by atoms with van der Waals surface area (Å²) in [6.45, 7) is 5.98. The second-order valence-electron chi connectivity index (χ2n) is 6.16. The van der Waals surface area contributed by atoms with E-state index >= 15 is 0 Å². The van der Waals surface area contributed by atoms with Crippen LogP contribution >= 0.6 is 0 Å². The number of aryl methyl sites for hydroxylation is 1. The van der Waals surface area contributed by atoms with Gasteiger partial charge in [-0.05, 0) is 49.9 Å². The molecule has 1 aliphatic rings. The number of likely N-dealkylation sites (N-methyl/N-ethyl adjacent to an activating group) is 1. The molecular weight excluding hydrogens is 262 g/mol. The second-order valence-corrected chi connectivity index (χ2v) is 6.16. The first-order valence-electron chi connectivity index (χ1n) is 7.81. The Hall–Kier alpha value is -1.39. The molecule has 1 fully saturated rings. The lowest BCUT2D eigenvalue weighted by Gasteiger charge is -2.32. The first-order chi connectivity index (χ1) is 10.1. The molecule has 0 saturated carbocycles. The fourth-order valence-electron chi connectivity index (χ4n) is 2.93. The largest absolute Gasteiger partial charge is 0.340 e.